The fourth-order valence-corrected chi connectivity index (χ4v) is 3.75. The van der Waals surface area contributed by atoms with Crippen LogP contribution in [0.1, 0.15) is 45.6 Å². The summed E-state index contributed by atoms with van der Waals surface area (Å²) in [5.41, 5.74) is 1.51. The minimum Gasteiger partial charge on any atom is -0.455 e. The summed E-state index contributed by atoms with van der Waals surface area (Å²) in [5.74, 6) is -0.862. The first kappa shape index (κ1) is 21.1. The van der Waals surface area contributed by atoms with E-state index in [1.807, 2.05) is 45.0 Å². The van der Waals surface area contributed by atoms with Gasteiger partial charge in [-0.1, -0.05) is 18.2 Å². The topological polar surface area (TPSA) is 76.1 Å². The third-order valence-electron chi connectivity index (χ3n) is 5.23. The summed E-state index contributed by atoms with van der Waals surface area (Å²) in [7, 11) is 0. The van der Waals surface area contributed by atoms with Crippen LogP contribution in [0, 0.1) is 5.92 Å². The van der Waals surface area contributed by atoms with Crippen LogP contribution in [0.25, 0.3) is 0 Å². The standard InChI is InChI=1S/C22H30N2O5/c1-22(2,3)29-21(27)23-13-10-17(11-14-23)20(26)28-15-19(25)24-12-6-8-16-7-4-5-9-18(16)24/h4-5,7,9,17H,6,8,10-15H2,1-3H3. The van der Waals surface area contributed by atoms with E-state index in [-0.39, 0.29) is 30.5 Å². The Labute approximate surface area is 171 Å². The maximum Gasteiger partial charge on any atom is 0.410 e. The predicted octanol–water partition coefficient (Wildman–Crippen LogP) is 3.16. The van der Waals surface area contributed by atoms with Crippen LogP contribution in [0.2, 0.25) is 0 Å². The summed E-state index contributed by atoms with van der Waals surface area (Å²) in [6.07, 6.45) is 2.52. The number of rotatable bonds is 3. The lowest BCUT2D eigenvalue weighted by Crippen LogP contribution is -2.43. The molecule has 0 N–H and O–H groups in total. The Hall–Kier alpha value is -2.57. The zero-order chi connectivity index (χ0) is 21.0. The monoisotopic (exact) mass is 402 g/mol. The molecule has 0 spiro atoms. The van der Waals surface area contributed by atoms with Crippen LogP contribution in [0.5, 0.6) is 0 Å². The molecular weight excluding hydrogens is 372 g/mol. The Morgan fingerprint density at radius 2 is 1.76 bits per heavy atom. The highest BCUT2D eigenvalue weighted by Crippen LogP contribution is 2.27. The first-order chi connectivity index (χ1) is 13.7. The number of nitrogens with zero attached hydrogens (tertiary/aromatic N) is 2. The SMILES string of the molecule is CC(C)(C)OC(=O)N1CCC(C(=O)OCC(=O)N2CCCc3ccccc32)CC1. The summed E-state index contributed by atoms with van der Waals surface area (Å²) >= 11 is 0. The van der Waals surface area contributed by atoms with Crippen LogP contribution in [0.3, 0.4) is 0 Å². The number of anilines is 1. The second kappa shape index (κ2) is 8.84. The van der Waals surface area contributed by atoms with Crippen molar-refractivity contribution >= 4 is 23.7 Å². The van der Waals surface area contributed by atoms with Crippen molar-refractivity contribution in [2.24, 2.45) is 5.92 Å². The van der Waals surface area contributed by atoms with Crippen molar-refractivity contribution in [3.63, 3.8) is 0 Å². The highest BCUT2D eigenvalue weighted by molar-refractivity contribution is 5.96. The van der Waals surface area contributed by atoms with Gasteiger partial charge in [0.1, 0.15) is 5.60 Å². The van der Waals surface area contributed by atoms with E-state index >= 15 is 0 Å². The summed E-state index contributed by atoms with van der Waals surface area (Å²) in [5, 5.41) is 0. The maximum atomic E-state index is 12.6. The predicted molar refractivity (Wildman–Crippen MR) is 109 cm³/mol. The normalized spacial score (nSPS) is 17.5. The van der Waals surface area contributed by atoms with Crippen LogP contribution in [-0.4, -0.2) is 54.7 Å². The highest BCUT2D eigenvalue weighted by atomic mass is 16.6. The smallest absolute Gasteiger partial charge is 0.410 e. The Morgan fingerprint density at radius 3 is 2.45 bits per heavy atom. The molecule has 29 heavy (non-hydrogen) atoms. The minimum absolute atomic E-state index is 0.198. The molecule has 2 heterocycles. The summed E-state index contributed by atoms with van der Waals surface area (Å²) in [6, 6.07) is 7.84. The third kappa shape index (κ3) is 5.49. The van der Waals surface area contributed by atoms with Gasteiger partial charge in [0.15, 0.2) is 6.61 Å². The molecule has 0 radical (unpaired) electrons. The summed E-state index contributed by atoms with van der Waals surface area (Å²) in [4.78, 5) is 40.4. The van der Waals surface area contributed by atoms with Gasteiger partial charge in [0.25, 0.3) is 5.91 Å². The first-order valence-electron chi connectivity index (χ1n) is 10.3. The fourth-order valence-electron chi connectivity index (χ4n) is 3.75. The van der Waals surface area contributed by atoms with E-state index in [1.54, 1.807) is 9.80 Å². The zero-order valence-electron chi connectivity index (χ0n) is 17.5. The molecule has 0 saturated carbocycles. The molecule has 158 valence electrons. The number of benzene rings is 1. The molecule has 0 unspecified atom stereocenters. The molecule has 0 aromatic heterocycles. The zero-order valence-corrected chi connectivity index (χ0v) is 17.5. The molecule has 2 aliphatic rings. The lowest BCUT2D eigenvalue weighted by Gasteiger charge is -2.33. The molecule has 1 saturated heterocycles. The van der Waals surface area contributed by atoms with Gasteiger partial charge in [0, 0.05) is 25.3 Å². The van der Waals surface area contributed by atoms with E-state index in [2.05, 4.69) is 0 Å². The van der Waals surface area contributed by atoms with Crippen molar-refractivity contribution in [1.82, 2.24) is 4.90 Å². The molecule has 3 rings (SSSR count). The average Bonchev–Trinajstić information content (AvgIpc) is 2.70. The number of likely N-dealkylation sites (tertiary alicyclic amines) is 1. The number of fused-ring (bicyclic) bond motifs is 1. The number of carbonyl (C=O) groups is 3. The minimum atomic E-state index is -0.541. The Morgan fingerprint density at radius 1 is 1.07 bits per heavy atom. The quantitative estimate of drug-likeness (QED) is 0.726. The molecule has 0 bridgehead atoms. The van der Waals surface area contributed by atoms with E-state index in [1.165, 1.54) is 0 Å². The number of aryl methyl sites for hydroxylation is 1. The van der Waals surface area contributed by atoms with Gasteiger partial charge >= 0.3 is 12.1 Å². The number of hydrogen-bond donors (Lipinski definition) is 0. The Balaban J connectivity index is 1.46. The van der Waals surface area contributed by atoms with Gasteiger partial charge in [-0.05, 0) is 58.1 Å². The second-order valence-corrected chi connectivity index (χ2v) is 8.63. The van der Waals surface area contributed by atoms with Crippen molar-refractivity contribution in [3.05, 3.63) is 29.8 Å². The van der Waals surface area contributed by atoms with E-state index in [4.69, 9.17) is 9.47 Å². The molecule has 7 nitrogen and oxygen atoms in total. The molecule has 1 aromatic rings. The number of esters is 1. The molecule has 2 aliphatic heterocycles. The van der Waals surface area contributed by atoms with Crippen LogP contribution in [0.4, 0.5) is 10.5 Å². The van der Waals surface area contributed by atoms with Gasteiger partial charge in [0.2, 0.25) is 0 Å². The third-order valence-corrected chi connectivity index (χ3v) is 5.23. The summed E-state index contributed by atoms with van der Waals surface area (Å²) < 4.78 is 10.7. The first-order valence-corrected chi connectivity index (χ1v) is 10.3. The van der Waals surface area contributed by atoms with Gasteiger partial charge in [-0.25, -0.2) is 4.79 Å². The van der Waals surface area contributed by atoms with Gasteiger partial charge in [-0.2, -0.15) is 0 Å². The molecule has 0 atom stereocenters. The van der Waals surface area contributed by atoms with Crippen molar-refractivity contribution < 1.29 is 23.9 Å². The summed E-state index contributed by atoms with van der Waals surface area (Å²) in [6.45, 7) is 6.76. The van der Waals surface area contributed by atoms with E-state index in [0.29, 0.717) is 32.5 Å². The fraction of sp³-hybridized carbons (Fsp3) is 0.591. The van der Waals surface area contributed by atoms with Crippen molar-refractivity contribution in [2.75, 3.05) is 31.1 Å². The second-order valence-electron chi connectivity index (χ2n) is 8.63. The lowest BCUT2D eigenvalue weighted by atomic mass is 9.97. The van der Waals surface area contributed by atoms with Gasteiger partial charge < -0.3 is 19.3 Å². The lowest BCUT2D eigenvalue weighted by molar-refractivity contribution is -0.153. The van der Waals surface area contributed by atoms with Gasteiger partial charge in [-0.3, -0.25) is 9.59 Å². The number of piperidine rings is 1. The number of carbonyl (C=O) groups excluding carboxylic acids is 3. The van der Waals surface area contributed by atoms with Crippen LogP contribution in [-0.2, 0) is 25.5 Å². The highest BCUT2D eigenvalue weighted by Gasteiger charge is 2.31. The van der Waals surface area contributed by atoms with Crippen LogP contribution < -0.4 is 4.90 Å². The number of para-hydroxylation sites is 1. The molecular formula is C22H30N2O5. The molecule has 1 aromatic carbocycles. The van der Waals surface area contributed by atoms with E-state index < -0.39 is 5.60 Å². The molecule has 0 aliphatic carbocycles. The van der Waals surface area contributed by atoms with Crippen LogP contribution in [0.15, 0.2) is 24.3 Å². The van der Waals surface area contributed by atoms with Gasteiger partial charge in [0.05, 0.1) is 5.92 Å². The van der Waals surface area contributed by atoms with E-state index in [0.717, 1.165) is 24.1 Å². The van der Waals surface area contributed by atoms with Crippen molar-refractivity contribution in [3.8, 4) is 0 Å². The number of ether oxygens (including phenoxy) is 2. The van der Waals surface area contributed by atoms with Gasteiger partial charge in [-0.15, -0.1) is 0 Å². The Bertz CT molecular complexity index is 763. The largest absolute Gasteiger partial charge is 0.455 e. The Kier molecular flexibility index (Phi) is 6.45. The van der Waals surface area contributed by atoms with Crippen molar-refractivity contribution in [1.29, 1.82) is 0 Å². The van der Waals surface area contributed by atoms with Crippen molar-refractivity contribution in [2.45, 2.75) is 52.1 Å². The molecule has 1 fully saturated rings. The maximum absolute atomic E-state index is 12.6. The number of hydrogen-bond acceptors (Lipinski definition) is 5. The van der Waals surface area contributed by atoms with E-state index in [9.17, 15) is 14.4 Å². The molecule has 7 heteroatoms. The number of amides is 2. The van der Waals surface area contributed by atoms with Crippen LogP contribution >= 0.6 is 0 Å². The molecule has 2 amide bonds. The average molecular weight is 402 g/mol.